The minimum atomic E-state index is -0.748. The number of amides is 2. The van der Waals surface area contributed by atoms with Crippen LogP contribution in [0.2, 0.25) is 0 Å². The molecule has 4 atom stereocenters. The standard InChI is InChI=1S/C21H23FN4O4.C20H22N4O4/c1-12(14-7-19(27)23-9-14)30-21-20-16(24-11-26(20)10-22)8-15(25-21)13-4-5-17(28-2)18(6-13)29-3;1-11(13-7-18(25)21-9-13)28-20-19-15(22-10-23-19)8-14(24-20)12-4-5-16(26-2)17(6-12)27-3/h4-6,8,11-12,14H,7,9-10H2,1-3H3,(H,23,27);4-6,8,10-11,13H,7,9H2,1-3H3,(H,21,25)(H,22,23)/t12-,14-;11-,13-/m11/s1. The fraction of sp³-hybridized carbons (Fsp3) is 0.366. The first-order chi connectivity index (χ1) is 28.1. The van der Waals surface area contributed by atoms with Gasteiger partial charge in [0, 0.05) is 48.9 Å². The summed E-state index contributed by atoms with van der Waals surface area (Å²) in [4.78, 5) is 44.2. The van der Waals surface area contributed by atoms with Crippen molar-refractivity contribution in [2.75, 3.05) is 41.5 Å². The summed E-state index contributed by atoms with van der Waals surface area (Å²) in [7, 11) is 6.33. The number of aromatic nitrogens is 6. The number of alkyl halides is 1. The van der Waals surface area contributed by atoms with Crippen LogP contribution in [-0.4, -0.2) is 95.0 Å². The van der Waals surface area contributed by atoms with Crippen molar-refractivity contribution in [2.45, 2.75) is 45.7 Å². The highest BCUT2D eigenvalue weighted by atomic mass is 19.1. The van der Waals surface area contributed by atoms with Gasteiger partial charge in [-0.3, -0.25) is 14.2 Å². The highest BCUT2D eigenvalue weighted by Crippen LogP contribution is 2.37. The van der Waals surface area contributed by atoms with E-state index in [1.54, 1.807) is 46.9 Å². The number of ether oxygens (including phenoxy) is 6. The zero-order valence-electron chi connectivity index (χ0n) is 33.0. The Hall–Kier alpha value is -6.65. The second kappa shape index (κ2) is 17.2. The van der Waals surface area contributed by atoms with Gasteiger partial charge < -0.3 is 44.0 Å². The van der Waals surface area contributed by atoms with Crippen LogP contribution in [0.25, 0.3) is 44.6 Å². The van der Waals surface area contributed by atoms with Gasteiger partial charge in [-0.05, 0) is 62.4 Å². The van der Waals surface area contributed by atoms with Gasteiger partial charge in [0.2, 0.25) is 23.6 Å². The van der Waals surface area contributed by atoms with E-state index in [0.717, 1.165) is 22.3 Å². The van der Waals surface area contributed by atoms with Gasteiger partial charge in [0.25, 0.3) is 0 Å². The van der Waals surface area contributed by atoms with Crippen LogP contribution in [0.5, 0.6) is 34.8 Å². The van der Waals surface area contributed by atoms with E-state index in [1.165, 1.54) is 10.9 Å². The maximum atomic E-state index is 13.5. The maximum Gasteiger partial charge on any atom is 0.243 e. The molecule has 0 saturated carbocycles. The van der Waals surface area contributed by atoms with Gasteiger partial charge in [-0.1, -0.05) is 0 Å². The summed E-state index contributed by atoms with van der Waals surface area (Å²) >= 11 is 0. The number of imidazole rings is 2. The quantitative estimate of drug-likeness (QED) is 0.134. The molecule has 6 aromatic rings. The monoisotopic (exact) mass is 796 g/mol. The molecule has 8 rings (SSSR count). The van der Waals surface area contributed by atoms with Gasteiger partial charge in [0.05, 0.1) is 63.5 Å². The van der Waals surface area contributed by atoms with E-state index < -0.39 is 6.80 Å². The smallest absolute Gasteiger partial charge is 0.243 e. The first-order valence-corrected chi connectivity index (χ1v) is 18.7. The fourth-order valence-electron chi connectivity index (χ4n) is 6.98. The number of methoxy groups -OCH3 is 4. The van der Waals surface area contributed by atoms with E-state index in [9.17, 15) is 14.0 Å². The predicted octanol–water partition coefficient (Wildman–Crippen LogP) is 5.49. The highest BCUT2D eigenvalue weighted by molar-refractivity contribution is 5.86. The number of H-pyrrole nitrogens is 1. The van der Waals surface area contributed by atoms with Crippen molar-refractivity contribution in [3.63, 3.8) is 0 Å². The Kier molecular flexibility index (Phi) is 11.8. The van der Waals surface area contributed by atoms with E-state index in [2.05, 4.69) is 30.6 Å². The maximum absolute atomic E-state index is 13.5. The average molecular weight is 797 g/mol. The largest absolute Gasteiger partial charge is 0.493 e. The lowest BCUT2D eigenvalue weighted by molar-refractivity contribution is -0.120. The fourth-order valence-corrected chi connectivity index (χ4v) is 6.98. The average Bonchev–Trinajstić information content (AvgIpc) is 4.08. The van der Waals surface area contributed by atoms with Gasteiger partial charge in [-0.2, -0.15) is 0 Å². The molecular formula is C41H45FN8O8. The van der Waals surface area contributed by atoms with Crippen LogP contribution in [-0.2, 0) is 16.4 Å². The van der Waals surface area contributed by atoms with Crippen molar-refractivity contribution in [3.05, 3.63) is 61.2 Å². The Morgan fingerprint density at radius 1 is 0.724 bits per heavy atom. The van der Waals surface area contributed by atoms with Crippen molar-refractivity contribution >= 4 is 33.9 Å². The summed E-state index contributed by atoms with van der Waals surface area (Å²) in [5.41, 5.74) is 5.50. The lowest BCUT2D eigenvalue weighted by Gasteiger charge is -2.20. The van der Waals surface area contributed by atoms with Crippen LogP contribution >= 0.6 is 0 Å². The van der Waals surface area contributed by atoms with Crippen LogP contribution in [0.1, 0.15) is 26.7 Å². The van der Waals surface area contributed by atoms with E-state index in [4.69, 9.17) is 33.4 Å². The van der Waals surface area contributed by atoms with Crippen LogP contribution in [0.15, 0.2) is 61.2 Å². The second-order valence-corrected chi connectivity index (χ2v) is 13.9. The Morgan fingerprint density at radius 3 is 1.78 bits per heavy atom. The summed E-state index contributed by atoms with van der Waals surface area (Å²) in [5, 5.41) is 5.65. The molecule has 0 bridgehead atoms. The number of rotatable bonds is 13. The number of carbonyl (C=O) groups is 2. The van der Waals surface area contributed by atoms with Crippen molar-refractivity contribution < 1.29 is 42.4 Å². The first-order valence-electron chi connectivity index (χ1n) is 18.7. The molecule has 2 fully saturated rings. The molecule has 0 radical (unpaired) electrons. The molecule has 2 aliphatic heterocycles. The third-order valence-electron chi connectivity index (χ3n) is 10.4. The van der Waals surface area contributed by atoms with Crippen LogP contribution in [0.3, 0.4) is 0 Å². The van der Waals surface area contributed by atoms with Crippen LogP contribution < -0.4 is 39.1 Å². The van der Waals surface area contributed by atoms with Gasteiger partial charge in [0.1, 0.15) is 17.7 Å². The molecule has 0 aliphatic carbocycles. The first kappa shape index (κ1) is 39.6. The van der Waals surface area contributed by atoms with E-state index in [0.29, 0.717) is 77.1 Å². The molecule has 2 saturated heterocycles. The molecule has 3 N–H and O–H groups in total. The number of hydrogen-bond donors (Lipinski definition) is 3. The van der Waals surface area contributed by atoms with Crippen LogP contribution in [0, 0.1) is 11.8 Å². The van der Waals surface area contributed by atoms with Gasteiger partial charge in [-0.15, -0.1) is 0 Å². The Morgan fingerprint density at radius 2 is 1.26 bits per heavy atom. The number of aromatic amines is 1. The number of halogens is 1. The molecule has 0 unspecified atom stereocenters. The van der Waals surface area contributed by atoms with Crippen molar-refractivity contribution in [1.82, 2.24) is 40.1 Å². The zero-order valence-corrected chi connectivity index (χ0v) is 33.0. The second-order valence-electron chi connectivity index (χ2n) is 13.9. The zero-order chi connectivity index (χ0) is 40.9. The van der Waals surface area contributed by atoms with Gasteiger partial charge >= 0.3 is 0 Å². The number of nitrogens with one attached hydrogen (secondary N) is 3. The van der Waals surface area contributed by atoms with Crippen molar-refractivity contribution in [1.29, 1.82) is 0 Å². The molecule has 2 amide bonds. The van der Waals surface area contributed by atoms with Crippen LogP contribution in [0.4, 0.5) is 4.39 Å². The lowest BCUT2D eigenvalue weighted by Crippen LogP contribution is -2.26. The minimum absolute atomic E-state index is 0.00133. The SMILES string of the molecule is COc1ccc(-c2cc3[nH]cnc3c(O[C@H](C)[C@H]3CNC(=O)C3)n2)cc1OC.COc1ccc(-c2cc3ncn(CF)c3c(O[C@H](C)[C@H]3CNC(=O)C3)n2)cc1OC. The molecule has 2 aliphatic rings. The van der Waals surface area contributed by atoms with Crippen molar-refractivity contribution in [2.24, 2.45) is 11.8 Å². The minimum Gasteiger partial charge on any atom is -0.493 e. The van der Waals surface area contributed by atoms with E-state index in [-0.39, 0.29) is 41.7 Å². The molecule has 304 valence electrons. The summed E-state index contributed by atoms with van der Waals surface area (Å²) in [5.74, 6) is 3.34. The molecule has 16 nitrogen and oxygen atoms in total. The van der Waals surface area contributed by atoms with Crippen molar-refractivity contribution in [3.8, 4) is 57.3 Å². The molecule has 6 heterocycles. The Bertz CT molecular complexity index is 2440. The number of hydrogen-bond acceptors (Lipinski definition) is 12. The summed E-state index contributed by atoms with van der Waals surface area (Å²) in [6.45, 7) is 4.24. The summed E-state index contributed by atoms with van der Waals surface area (Å²) in [6, 6.07) is 14.8. The predicted molar refractivity (Wildman–Crippen MR) is 212 cm³/mol. The number of carbonyl (C=O) groups excluding carboxylic acids is 2. The molecule has 17 heteroatoms. The third kappa shape index (κ3) is 8.24. The van der Waals surface area contributed by atoms with Gasteiger partial charge in [-0.25, -0.2) is 24.3 Å². The Labute approximate surface area is 333 Å². The Balaban J connectivity index is 0.000000177. The normalized spacial score (nSPS) is 17.2. The molecule has 0 spiro atoms. The highest BCUT2D eigenvalue weighted by Gasteiger charge is 2.30. The molecule has 2 aromatic carbocycles. The third-order valence-corrected chi connectivity index (χ3v) is 10.4. The number of pyridine rings is 2. The molecular weight excluding hydrogens is 751 g/mol. The molecule has 58 heavy (non-hydrogen) atoms. The van der Waals surface area contributed by atoms with Gasteiger partial charge in [0.15, 0.2) is 35.3 Å². The lowest BCUT2D eigenvalue weighted by atomic mass is 10.0. The topological polar surface area (TPSA) is 186 Å². The van der Waals surface area contributed by atoms with E-state index in [1.807, 2.05) is 50.2 Å². The summed E-state index contributed by atoms with van der Waals surface area (Å²) in [6.07, 6.45) is 3.42. The number of benzene rings is 2. The number of nitrogens with zero attached hydrogens (tertiary/aromatic N) is 5. The van der Waals surface area contributed by atoms with E-state index >= 15 is 0 Å². The molecule has 4 aromatic heterocycles. The summed E-state index contributed by atoms with van der Waals surface area (Å²) < 4.78 is 48.5. The number of fused-ring (bicyclic) bond motifs is 2.